The standard InChI is InChI=1S/FH.3O.Sn.Zn/h1H;;;;;/q;3*-2;+4;+2. The Morgan fingerprint density at radius 1 is 0.667 bits per heavy atom. The van der Waals surface area contributed by atoms with Gasteiger partial charge in [-0.15, -0.1) is 0 Å². The van der Waals surface area contributed by atoms with Crippen molar-refractivity contribution in [1.29, 1.82) is 0 Å². The molecule has 0 rings (SSSR count). The molecule has 0 aromatic rings. The van der Waals surface area contributed by atoms with Crippen LogP contribution >= 0.6 is 0 Å². The van der Waals surface area contributed by atoms with Gasteiger partial charge in [-0.25, -0.2) is 0 Å². The molecule has 3 nitrogen and oxygen atoms in total. The van der Waals surface area contributed by atoms with E-state index in [0.29, 0.717) is 0 Å². The number of hydrogen-bond acceptors (Lipinski definition) is 0. The second-order valence-corrected chi connectivity index (χ2v) is 0. The van der Waals surface area contributed by atoms with Gasteiger partial charge >= 0.3 is 43.4 Å². The monoisotopic (exact) mass is 252 g/mol. The van der Waals surface area contributed by atoms with Crippen LogP contribution in [-0.4, -0.2) is 23.9 Å². The SMILES string of the molecule is F.[O-2].[O-2].[O-2].[Sn+4].[Zn+2]. The first-order valence-electron chi connectivity index (χ1n) is 0. The van der Waals surface area contributed by atoms with Gasteiger partial charge in [0, 0.05) is 0 Å². The van der Waals surface area contributed by atoms with Crippen LogP contribution in [0, 0.1) is 0 Å². The smallest absolute Gasteiger partial charge is 2.00 e. The van der Waals surface area contributed by atoms with Crippen LogP contribution in [0.5, 0.6) is 0 Å². The van der Waals surface area contributed by atoms with Gasteiger partial charge in [-0.1, -0.05) is 0 Å². The minimum absolute atomic E-state index is 0. The second kappa shape index (κ2) is 112. The Kier molecular flexibility index (Phi) is 3470. The topological polar surface area (TPSA) is 85.5 Å². The summed E-state index contributed by atoms with van der Waals surface area (Å²) in [6.07, 6.45) is 0. The van der Waals surface area contributed by atoms with Gasteiger partial charge in [0.05, 0.1) is 0 Å². The van der Waals surface area contributed by atoms with Crippen LogP contribution in [0.2, 0.25) is 0 Å². The molecule has 0 saturated carbocycles. The predicted octanol–water partition coefficient (Wildman–Crippen LogP) is -0.587. The van der Waals surface area contributed by atoms with Gasteiger partial charge in [0.15, 0.2) is 0 Å². The Bertz CT molecular complexity index is 10.8. The Morgan fingerprint density at radius 2 is 0.667 bits per heavy atom. The summed E-state index contributed by atoms with van der Waals surface area (Å²) in [4.78, 5) is 0. The van der Waals surface area contributed by atoms with Crippen molar-refractivity contribution < 1.29 is 40.6 Å². The van der Waals surface area contributed by atoms with Crippen molar-refractivity contribution in [1.82, 2.24) is 0 Å². The second-order valence-electron chi connectivity index (χ2n) is 0. The van der Waals surface area contributed by atoms with E-state index in [0.717, 1.165) is 0 Å². The summed E-state index contributed by atoms with van der Waals surface area (Å²) in [7, 11) is 0. The van der Waals surface area contributed by atoms with Crippen LogP contribution in [0.3, 0.4) is 0 Å². The van der Waals surface area contributed by atoms with Gasteiger partial charge in [0.25, 0.3) is 0 Å². The van der Waals surface area contributed by atoms with Crippen molar-refractivity contribution in [2.45, 2.75) is 0 Å². The van der Waals surface area contributed by atoms with Crippen LogP contribution in [0.1, 0.15) is 0 Å². The molecule has 0 aromatic heterocycles. The van der Waals surface area contributed by atoms with E-state index in [9.17, 15) is 0 Å². The molecule has 0 fully saturated rings. The molecule has 0 unspecified atom stereocenters. The molecule has 6 heteroatoms. The normalized spacial score (nSPS) is 0. The molecule has 0 aliphatic rings. The van der Waals surface area contributed by atoms with E-state index in [4.69, 9.17) is 0 Å². The molecule has 0 heterocycles. The van der Waals surface area contributed by atoms with Crippen LogP contribution in [0.25, 0.3) is 0 Å². The summed E-state index contributed by atoms with van der Waals surface area (Å²) in [6, 6.07) is 0. The maximum Gasteiger partial charge on any atom is 4.00 e. The summed E-state index contributed by atoms with van der Waals surface area (Å²) in [5.74, 6) is 0. The van der Waals surface area contributed by atoms with Crippen LogP contribution in [0.15, 0.2) is 0 Å². The van der Waals surface area contributed by atoms with E-state index < -0.39 is 0 Å². The molecule has 0 saturated heterocycles. The van der Waals surface area contributed by atoms with E-state index in [1.807, 2.05) is 0 Å². The molecule has 6 heavy (non-hydrogen) atoms. The summed E-state index contributed by atoms with van der Waals surface area (Å²) < 4.78 is 0. The predicted molar refractivity (Wildman–Crippen MR) is 10.3 cm³/mol. The quantitative estimate of drug-likeness (QED) is 0.516. The molecular formula is HFO3SnZn. The average Bonchev–Trinajstić information content (AvgIpc) is 0. The third-order valence-electron chi connectivity index (χ3n) is 0. The minimum atomic E-state index is 0. The third-order valence-corrected chi connectivity index (χ3v) is 0. The molecule has 0 aliphatic heterocycles. The maximum absolute atomic E-state index is 0. The first-order chi connectivity index (χ1) is 0. The molecule has 0 N–H and O–H groups in total. The van der Waals surface area contributed by atoms with Crippen molar-refractivity contribution in [2.75, 3.05) is 0 Å². The van der Waals surface area contributed by atoms with Gasteiger partial charge in [0.2, 0.25) is 0 Å². The first kappa shape index (κ1) is 185. The fourth-order valence-corrected chi connectivity index (χ4v) is 0. The maximum atomic E-state index is 0. The fourth-order valence-electron chi connectivity index (χ4n) is 0. The van der Waals surface area contributed by atoms with Gasteiger partial charge in [-0.2, -0.15) is 0 Å². The minimum Gasteiger partial charge on any atom is -2.00 e. The molecule has 0 aromatic carbocycles. The zero-order valence-corrected chi connectivity index (χ0v) is 8.66. The van der Waals surface area contributed by atoms with Gasteiger partial charge in [-0.05, 0) is 0 Å². The van der Waals surface area contributed by atoms with E-state index in [1.54, 1.807) is 0 Å². The van der Waals surface area contributed by atoms with Crippen molar-refractivity contribution >= 4 is 23.9 Å². The number of hydrogen-bond donors (Lipinski definition) is 0. The van der Waals surface area contributed by atoms with Crippen molar-refractivity contribution in [3.63, 3.8) is 0 Å². The van der Waals surface area contributed by atoms with Crippen LogP contribution in [-0.2, 0) is 35.9 Å². The zero-order chi connectivity index (χ0) is 0. The fraction of sp³-hybridized carbons (Fsp3) is 0. The molecule has 0 spiro atoms. The largest absolute Gasteiger partial charge is 4.00 e. The number of halogens is 1. The van der Waals surface area contributed by atoms with Crippen molar-refractivity contribution in [2.24, 2.45) is 0 Å². The summed E-state index contributed by atoms with van der Waals surface area (Å²) in [5.41, 5.74) is 0. The van der Waals surface area contributed by atoms with Crippen molar-refractivity contribution in [3.8, 4) is 0 Å². The first-order valence-corrected chi connectivity index (χ1v) is 0. The molecule has 0 aliphatic carbocycles. The summed E-state index contributed by atoms with van der Waals surface area (Å²) in [6.45, 7) is 0. The van der Waals surface area contributed by atoms with Gasteiger partial charge in [-0.3, -0.25) is 4.70 Å². The Labute approximate surface area is 64.5 Å². The molecule has 32 valence electrons. The van der Waals surface area contributed by atoms with E-state index in [2.05, 4.69) is 0 Å². The third kappa shape index (κ3) is 61.7. The van der Waals surface area contributed by atoms with Gasteiger partial charge in [0.1, 0.15) is 0 Å². The van der Waals surface area contributed by atoms with Gasteiger partial charge < -0.3 is 16.4 Å². The van der Waals surface area contributed by atoms with Crippen LogP contribution in [0.4, 0.5) is 4.70 Å². The summed E-state index contributed by atoms with van der Waals surface area (Å²) in [5, 5.41) is 0. The Balaban J connectivity index is 0. The molecule has 0 amide bonds. The average molecular weight is 252 g/mol. The molecular weight excluding hydrogens is 251 g/mol. The Morgan fingerprint density at radius 3 is 0.667 bits per heavy atom. The Hall–Kier alpha value is 1.23. The van der Waals surface area contributed by atoms with E-state index >= 15 is 0 Å². The number of rotatable bonds is 0. The zero-order valence-electron chi connectivity index (χ0n) is 2.84. The molecule has 0 radical (unpaired) electrons. The molecule has 0 atom stereocenters. The molecule has 0 bridgehead atoms. The van der Waals surface area contributed by atoms with Crippen molar-refractivity contribution in [3.05, 3.63) is 0 Å². The van der Waals surface area contributed by atoms with Crippen LogP contribution < -0.4 is 0 Å². The van der Waals surface area contributed by atoms with E-state index in [-0.39, 0.29) is 64.5 Å². The van der Waals surface area contributed by atoms with E-state index in [1.165, 1.54) is 0 Å². The summed E-state index contributed by atoms with van der Waals surface area (Å²) >= 11 is 0.